The van der Waals surface area contributed by atoms with Crippen LogP contribution in [0.4, 0.5) is 0 Å². The molecule has 1 heterocycles. The Morgan fingerprint density at radius 3 is 2.30 bits per heavy atom. The van der Waals surface area contributed by atoms with Crippen LogP contribution in [-0.4, -0.2) is 38.2 Å². The number of hydrogen-bond donors (Lipinski definition) is 0. The average Bonchev–Trinajstić information content (AvgIpc) is 2.86. The van der Waals surface area contributed by atoms with Gasteiger partial charge in [-0.15, -0.1) is 0 Å². The van der Waals surface area contributed by atoms with Gasteiger partial charge in [0.15, 0.2) is 18.1 Å². The summed E-state index contributed by atoms with van der Waals surface area (Å²) in [6.07, 6.45) is 10.0. The molecule has 0 unspecified atom stereocenters. The second-order valence-corrected chi connectivity index (χ2v) is 8.18. The maximum atomic E-state index is 12.5. The van der Waals surface area contributed by atoms with Gasteiger partial charge in [-0.2, -0.15) is 0 Å². The Balaban J connectivity index is 1.37. The lowest BCUT2D eigenvalue weighted by Gasteiger charge is -2.20. The Morgan fingerprint density at radius 2 is 1.55 bits per heavy atom. The summed E-state index contributed by atoms with van der Waals surface area (Å²) < 4.78 is 22.0. The van der Waals surface area contributed by atoms with Crippen LogP contribution in [0.3, 0.4) is 0 Å². The number of ether oxygens (including phenoxy) is 4. The molecule has 2 aromatic rings. The SMILES string of the molecule is CCCCCCCCCCOc1ccc(C(=O)OCC(=O)c2cccc3c2OCCO3)cc1. The molecular weight excluding hydrogens is 420 g/mol. The van der Waals surface area contributed by atoms with E-state index in [4.69, 9.17) is 18.9 Å². The van der Waals surface area contributed by atoms with Gasteiger partial charge in [0.2, 0.25) is 5.78 Å². The van der Waals surface area contributed by atoms with E-state index in [0.717, 1.165) is 12.2 Å². The van der Waals surface area contributed by atoms with Gasteiger partial charge in [-0.3, -0.25) is 4.79 Å². The average molecular weight is 455 g/mol. The van der Waals surface area contributed by atoms with Gasteiger partial charge >= 0.3 is 5.97 Å². The number of esters is 1. The predicted molar refractivity (Wildman–Crippen MR) is 127 cm³/mol. The molecule has 6 nitrogen and oxygen atoms in total. The number of hydrogen-bond acceptors (Lipinski definition) is 6. The Kier molecular flexibility index (Phi) is 10.1. The number of para-hydroxylation sites is 1. The van der Waals surface area contributed by atoms with Gasteiger partial charge in [0, 0.05) is 0 Å². The quantitative estimate of drug-likeness (QED) is 0.198. The maximum Gasteiger partial charge on any atom is 0.338 e. The predicted octanol–water partition coefficient (Wildman–Crippen LogP) is 6.02. The monoisotopic (exact) mass is 454 g/mol. The molecule has 178 valence electrons. The van der Waals surface area contributed by atoms with Crippen LogP contribution in [0.15, 0.2) is 42.5 Å². The number of carbonyl (C=O) groups excluding carboxylic acids is 2. The molecule has 3 rings (SSSR count). The maximum absolute atomic E-state index is 12.5. The minimum atomic E-state index is -0.556. The lowest BCUT2D eigenvalue weighted by molar-refractivity contribution is 0.0472. The number of fused-ring (bicyclic) bond motifs is 1. The van der Waals surface area contributed by atoms with Gasteiger partial charge in [0.05, 0.1) is 17.7 Å². The summed E-state index contributed by atoms with van der Waals surface area (Å²) in [6, 6.07) is 11.9. The van der Waals surface area contributed by atoms with Crippen LogP contribution in [0.25, 0.3) is 0 Å². The minimum Gasteiger partial charge on any atom is -0.494 e. The van der Waals surface area contributed by atoms with Gasteiger partial charge in [-0.1, -0.05) is 57.9 Å². The minimum absolute atomic E-state index is 0.337. The fourth-order valence-electron chi connectivity index (χ4n) is 3.70. The first-order chi connectivity index (χ1) is 16.2. The molecule has 0 radical (unpaired) electrons. The third-order valence-corrected chi connectivity index (χ3v) is 5.56. The van der Waals surface area contributed by atoms with E-state index in [-0.39, 0.29) is 12.4 Å². The Labute approximate surface area is 196 Å². The van der Waals surface area contributed by atoms with Crippen molar-refractivity contribution in [3.8, 4) is 17.2 Å². The fraction of sp³-hybridized carbons (Fsp3) is 0.481. The Morgan fingerprint density at radius 1 is 0.848 bits per heavy atom. The number of carbonyl (C=O) groups is 2. The third-order valence-electron chi connectivity index (χ3n) is 5.56. The van der Waals surface area contributed by atoms with E-state index in [1.807, 2.05) is 0 Å². The lowest BCUT2D eigenvalue weighted by atomic mass is 10.1. The number of unbranched alkanes of at least 4 members (excludes halogenated alkanes) is 7. The summed E-state index contributed by atoms with van der Waals surface area (Å²) in [6.45, 7) is 3.36. The zero-order valence-electron chi connectivity index (χ0n) is 19.5. The van der Waals surface area contributed by atoms with Gasteiger partial charge in [0.25, 0.3) is 0 Å². The smallest absolute Gasteiger partial charge is 0.338 e. The molecule has 6 heteroatoms. The number of rotatable bonds is 14. The van der Waals surface area contributed by atoms with E-state index in [1.54, 1.807) is 42.5 Å². The number of Topliss-reactive ketones (excluding diaryl/α,β-unsaturated/α-hetero) is 1. The fourth-order valence-corrected chi connectivity index (χ4v) is 3.70. The summed E-state index contributed by atoms with van der Waals surface area (Å²) in [7, 11) is 0. The van der Waals surface area contributed by atoms with Crippen LogP contribution in [0.5, 0.6) is 17.2 Å². The molecule has 33 heavy (non-hydrogen) atoms. The van der Waals surface area contributed by atoms with Crippen molar-refractivity contribution in [1.82, 2.24) is 0 Å². The van der Waals surface area contributed by atoms with Gasteiger partial charge < -0.3 is 18.9 Å². The van der Waals surface area contributed by atoms with E-state index in [0.29, 0.717) is 42.4 Å². The molecule has 0 aromatic heterocycles. The van der Waals surface area contributed by atoms with Crippen LogP contribution in [0.1, 0.15) is 79.0 Å². The molecule has 0 bridgehead atoms. The molecule has 0 saturated carbocycles. The van der Waals surface area contributed by atoms with Gasteiger partial charge in [-0.25, -0.2) is 4.79 Å². The Hall–Kier alpha value is -3.02. The van der Waals surface area contributed by atoms with Crippen molar-refractivity contribution in [3.05, 3.63) is 53.6 Å². The van der Waals surface area contributed by atoms with Crippen molar-refractivity contribution in [2.24, 2.45) is 0 Å². The van der Waals surface area contributed by atoms with Crippen molar-refractivity contribution in [2.45, 2.75) is 58.3 Å². The summed E-state index contributed by atoms with van der Waals surface area (Å²) in [5.74, 6) is 0.762. The highest BCUT2D eigenvalue weighted by Crippen LogP contribution is 2.33. The van der Waals surface area contributed by atoms with Gasteiger partial charge in [-0.05, 0) is 42.8 Å². The van der Waals surface area contributed by atoms with Crippen LogP contribution in [0.2, 0.25) is 0 Å². The largest absolute Gasteiger partial charge is 0.494 e. The highest BCUT2D eigenvalue weighted by Gasteiger charge is 2.21. The van der Waals surface area contributed by atoms with Crippen molar-refractivity contribution >= 4 is 11.8 Å². The van der Waals surface area contributed by atoms with E-state index >= 15 is 0 Å². The molecule has 0 atom stereocenters. The van der Waals surface area contributed by atoms with E-state index in [9.17, 15) is 9.59 Å². The van der Waals surface area contributed by atoms with Gasteiger partial charge in [0.1, 0.15) is 19.0 Å². The zero-order valence-corrected chi connectivity index (χ0v) is 19.5. The molecule has 1 aliphatic heterocycles. The highest BCUT2D eigenvalue weighted by atomic mass is 16.6. The van der Waals surface area contributed by atoms with Crippen molar-refractivity contribution in [1.29, 1.82) is 0 Å². The van der Waals surface area contributed by atoms with Crippen LogP contribution >= 0.6 is 0 Å². The van der Waals surface area contributed by atoms with Crippen LogP contribution < -0.4 is 14.2 Å². The zero-order chi connectivity index (χ0) is 23.3. The molecule has 0 saturated heterocycles. The topological polar surface area (TPSA) is 71.1 Å². The molecule has 2 aromatic carbocycles. The normalized spacial score (nSPS) is 12.3. The second-order valence-electron chi connectivity index (χ2n) is 8.18. The molecule has 0 amide bonds. The first kappa shape index (κ1) is 24.6. The molecule has 0 fully saturated rings. The molecule has 1 aliphatic rings. The van der Waals surface area contributed by atoms with Crippen LogP contribution in [0, 0.1) is 0 Å². The summed E-state index contributed by atoms with van der Waals surface area (Å²) in [5.41, 5.74) is 0.724. The number of benzene rings is 2. The number of ketones is 1. The van der Waals surface area contributed by atoms with Crippen molar-refractivity contribution in [3.63, 3.8) is 0 Å². The summed E-state index contributed by atoms with van der Waals surface area (Å²) in [5, 5.41) is 0. The third kappa shape index (κ3) is 7.81. The van der Waals surface area contributed by atoms with E-state index < -0.39 is 5.97 Å². The van der Waals surface area contributed by atoms with E-state index in [2.05, 4.69) is 6.92 Å². The highest BCUT2D eigenvalue weighted by molar-refractivity contribution is 6.02. The molecule has 0 N–H and O–H groups in total. The van der Waals surface area contributed by atoms with Crippen molar-refractivity contribution < 1.29 is 28.5 Å². The summed E-state index contributed by atoms with van der Waals surface area (Å²) in [4.78, 5) is 24.9. The first-order valence-electron chi connectivity index (χ1n) is 12.0. The molecular formula is C27H34O6. The van der Waals surface area contributed by atoms with Crippen LogP contribution in [-0.2, 0) is 4.74 Å². The lowest BCUT2D eigenvalue weighted by Crippen LogP contribution is -2.20. The molecule has 0 aliphatic carbocycles. The standard InChI is InChI=1S/C27H34O6/c1-2-3-4-5-6-7-8-9-17-30-22-15-13-21(14-16-22)27(29)33-20-24(28)23-11-10-12-25-26(23)32-19-18-31-25/h10-16H,2-9,17-20H2,1H3. The molecule has 0 spiro atoms. The first-order valence-corrected chi connectivity index (χ1v) is 12.0. The Bertz CT molecular complexity index is 890. The van der Waals surface area contributed by atoms with Crippen molar-refractivity contribution in [2.75, 3.05) is 26.4 Å². The second kappa shape index (κ2) is 13.5. The van der Waals surface area contributed by atoms with E-state index in [1.165, 1.54) is 44.9 Å². The summed E-state index contributed by atoms with van der Waals surface area (Å²) >= 11 is 0.